The second-order valence-corrected chi connectivity index (χ2v) is 7.07. The number of sulfone groups is 1. The molecule has 1 atom stereocenters. The van der Waals surface area contributed by atoms with Gasteiger partial charge in [-0.1, -0.05) is 6.42 Å². The summed E-state index contributed by atoms with van der Waals surface area (Å²) in [7, 11) is -3.19. The van der Waals surface area contributed by atoms with E-state index in [1.165, 1.54) is 0 Å². The van der Waals surface area contributed by atoms with Crippen molar-refractivity contribution in [3.8, 4) is 0 Å². The monoisotopic (exact) mass is 276 g/mol. The number of Topliss-reactive ketones (excluding diaryl/α,β-unsaturated/α-hetero) is 1. The highest BCUT2D eigenvalue weighted by molar-refractivity contribution is 7.90. The predicted molar refractivity (Wildman–Crippen MR) is 66.9 cm³/mol. The number of carbonyl (C=O) groups is 2. The molecule has 18 heavy (non-hydrogen) atoms. The van der Waals surface area contributed by atoms with Crippen molar-refractivity contribution in [1.82, 2.24) is 0 Å². The van der Waals surface area contributed by atoms with Gasteiger partial charge in [0, 0.05) is 12.7 Å². The molecule has 1 rings (SSSR count). The lowest BCUT2D eigenvalue weighted by molar-refractivity contribution is -0.162. The highest BCUT2D eigenvalue weighted by atomic mass is 32.2. The van der Waals surface area contributed by atoms with E-state index in [9.17, 15) is 18.0 Å². The predicted octanol–water partition coefficient (Wildman–Crippen LogP) is 1.11. The fourth-order valence-corrected chi connectivity index (χ4v) is 3.02. The normalized spacial score (nSPS) is 24.9. The zero-order chi connectivity index (χ0) is 13.8. The van der Waals surface area contributed by atoms with Crippen LogP contribution < -0.4 is 0 Å². The minimum atomic E-state index is -3.19. The molecular weight excluding hydrogens is 256 g/mol. The summed E-state index contributed by atoms with van der Waals surface area (Å²) >= 11 is 0. The Hall–Kier alpha value is -0.910. The molecule has 1 fully saturated rings. The molecule has 6 heteroatoms. The van der Waals surface area contributed by atoms with Crippen molar-refractivity contribution >= 4 is 21.6 Å². The van der Waals surface area contributed by atoms with Crippen molar-refractivity contribution in [2.75, 3.05) is 18.6 Å². The van der Waals surface area contributed by atoms with Crippen molar-refractivity contribution in [2.24, 2.45) is 5.41 Å². The van der Waals surface area contributed by atoms with E-state index in [0.29, 0.717) is 12.8 Å². The van der Waals surface area contributed by atoms with E-state index in [2.05, 4.69) is 0 Å². The van der Waals surface area contributed by atoms with Crippen molar-refractivity contribution in [1.29, 1.82) is 0 Å². The van der Waals surface area contributed by atoms with Crippen LogP contribution in [0.5, 0.6) is 0 Å². The third-order valence-electron chi connectivity index (χ3n) is 3.36. The lowest BCUT2D eigenvalue weighted by Crippen LogP contribution is -2.44. The molecule has 0 spiro atoms. The first-order chi connectivity index (χ1) is 8.32. The van der Waals surface area contributed by atoms with Gasteiger partial charge in [0.15, 0.2) is 0 Å². The maximum Gasteiger partial charge on any atom is 0.319 e. The summed E-state index contributed by atoms with van der Waals surface area (Å²) in [5.41, 5.74) is -1.22. The maximum atomic E-state index is 12.1. The molecule has 104 valence electrons. The Morgan fingerprint density at radius 2 is 2.06 bits per heavy atom. The van der Waals surface area contributed by atoms with Gasteiger partial charge in [0.05, 0.1) is 12.4 Å². The fourth-order valence-electron chi connectivity index (χ4n) is 2.30. The number of hydrogen-bond acceptors (Lipinski definition) is 5. The fraction of sp³-hybridized carbons (Fsp3) is 0.833. The molecule has 1 saturated carbocycles. The molecule has 0 aromatic heterocycles. The first-order valence-corrected chi connectivity index (χ1v) is 8.26. The number of esters is 1. The smallest absolute Gasteiger partial charge is 0.319 e. The van der Waals surface area contributed by atoms with Crippen molar-refractivity contribution in [2.45, 2.75) is 39.0 Å². The molecule has 0 N–H and O–H groups in total. The van der Waals surface area contributed by atoms with Gasteiger partial charge in [-0.2, -0.15) is 0 Å². The van der Waals surface area contributed by atoms with E-state index in [-0.39, 0.29) is 24.6 Å². The molecule has 0 saturated heterocycles. The Morgan fingerprint density at radius 1 is 1.39 bits per heavy atom. The first kappa shape index (κ1) is 15.1. The molecular formula is C12H20O5S. The van der Waals surface area contributed by atoms with Crippen molar-refractivity contribution in [3.05, 3.63) is 0 Å². The van der Waals surface area contributed by atoms with E-state index in [1.54, 1.807) is 6.92 Å². The number of carbonyl (C=O) groups excluding carboxylic acids is 2. The SMILES string of the molecule is CCOC(=O)C1(CCS(C)(=O)=O)CCCCC1=O. The number of ketones is 1. The quantitative estimate of drug-likeness (QED) is 0.555. The molecule has 1 aliphatic rings. The lowest BCUT2D eigenvalue weighted by atomic mass is 9.71. The summed E-state index contributed by atoms with van der Waals surface area (Å²) in [4.78, 5) is 24.1. The molecule has 0 aromatic carbocycles. The molecule has 0 amide bonds. The Kier molecular flexibility index (Phi) is 4.90. The molecule has 0 bridgehead atoms. The van der Waals surface area contributed by atoms with Gasteiger partial charge in [-0.25, -0.2) is 8.42 Å². The zero-order valence-electron chi connectivity index (χ0n) is 10.9. The van der Waals surface area contributed by atoms with E-state index in [1.807, 2.05) is 0 Å². The van der Waals surface area contributed by atoms with Crippen LogP contribution in [-0.2, 0) is 24.2 Å². The first-order valence-electron chi connectivity index (χ1n) is 6.20. The summed E-state index contributed by atoms with van der Waals surface area (Å²) in [5, 5.41) is 0. The second-order valence-electron chi connectivity index (χ2n) is 4.81. The van der Waals surface area contributed by atoms with Crippen molar-refractivity contribution < 1.29 is 22.7 Å². The van der Waals surface area contributed by atoms with Crippen LogP contribution in [0.4, 0.5) is 0 Å². The maximum absolute atomic E-state index is 12.1. The highest BCUT2D eigenvalue weighted by Crippen LogP contribution is 2.38. The average Bonchev–Trinajstić information content (AvgIpc) is 2.27. The van der Waals surface area contributed by atoms with Crippen LogP contribution in [0.2, 0.25) is 0 Å². The summed E-state index contributed by atoms with van der Waals surface area (Å²) in [5.74, 6) is -0.883. The Balaban J connectivity index is 2.93. The van der Waals surface area contributed by atoms with Gasteiger partial charge in [-0.05, 0) is 26.2 Å². The molecule has 0 aliphatic heterocycles. The number of ether oxygens (including phenoxy) is 1. The summed E-state index contributed by atoms with van der Waals surface area (Å²) < 4.78 is 27.4. The van der Waals surface area contributed by atoms with E-state index >= 15 is 0 Å². The van der Waals surface area contributed by atoms with Gasteiger partial charge < -0.3 is 4.74 Å². The largest absolute Gasteiger partial charge is 0.465 e. The topological polar surface area (TPSA) is 77.5 Å². The summed E-state index contributed by atoms with van der Waals surface area (Å²) in [6.07, 6.45) is 3.42. The van der Waals surface area contributed by atoms with Gasteiger partial charge in [-0.15, -0.1) is 0 Å². The second kappa shape index (κ2) is 5.82. The Labute approximate surface area is 108 Å². The average molecular weight is 276 g/mol. The van der Waals surface area contributed by atoms with Gasteiger partial charge in [-0.3, -0.25) is 9.59 Å². The standard InChI is InChI=1S/C12H20O5S/c1-3-17-11(14)12(8-9-18(2,15)16)7-5-4-6-10(12)13/h3-9H2,1-2H3. The highest BCUT2D eigenvalue weighted by Gasteiger charge is 2.47. The van der Waals surface area contributed by atoms with Crippen molar-refractivity contribution in [3.63, 3.8) is 0 Å². The third-order valence-corrected chi connectivity index (χ3v) is 4.30. The number of rotatable bonds is 5. The van der Waals surface area contributed by atoms with Gasteiger partial charge in [0.25, 0.3) is 0 Å². The molecule has 0 heterocycles. The lowest BCUT2D eigenvalue weighted by Gasteiger charge is -2.33. The zero-order valence-corrected chi connectivity index (χ0v) is 11.7. The van der Waals surface area contributed by atoms with Crippen LogP contribution >= 0.6 is 0 Å². The van der Waals surface area contributed by atoms with E-state index in [4.69, 9.17) is 4.74 Å². The molecule has 5 nitrogen and oxygen atoms in total. The third kappa shape index (κ3) is 3.54. The number of hydrogen-bond donors (Lipinski definition) is 0. The molecule has 1 aliphatic carbocycles. The van der Waals surface area contributed by atoms with Gasteiger partial charge in [0.1, 0.15) is 21.0 Å². The molecule has 1 unspecified atom stereocenters. The minimum Gasteiger partial charge on any atom is -0.465 e. The summed E-state index contributed by atoms with van der Waals surface area (Å²) in [6.45, 7) is 1.88. The van der Waals surface area contributed by atoms with Crippen LogP contribution in [0.1, 0.15) is 39.0 Å². The van der Waals surface area contributed by atoms with Gasteiger partial charge >= 0.3 is 5.97 Å². The Morgan fingerprint density at radius 3 is 2.56 bits per heavy atom. The van der Waals surface area contributed by atoms with Crippen LogP contribution in [0.25, 0.3) is 0 Å². The van der Waals surface area contributed by atoms with Crippen LogP contribution in [0.15, 0.2) is 0 Å². The Bertz CT molecular complexity index is 426. The minimum absolute atomic E-state index is 0.0451. The van der Waals surface area contributed by atoms with Gasteiger partial charge in [0.2, 0.25) is 0 Å². The molecule has 0 aromatic rings. The van der Waals surface area contributed by atoms with E-state index < -0.39 is 21.2 Å². The summed E-state index contributed by atoms with van der Waals surface area (Å²) in [6, 6.07) is 0. The van der Waals surface area contributed by atoms with Crippen LogP contribution in [-0.4, -0.2) is 38.8 Å². The molecule has 0 radical (unpaired) electrons. The van der Waals surface area contributed by atoms with Crippen LogP contribution in [0.3, 0.4) is 0 Å². The van der Waals surface area contributed by atoms with Crippen LogP contribution in [0, 0.1) is 5.41 Å². The van der Waals surface area contributed by atoms with E-state index in [0.717, 1.165) is 19.1 Å².